The second-order valence-corrected chi connectivity index (χ2v) is 4.95. The van der Waals surface area contributed by atoms with E-state index in [1.807, 2.05) is 0 Å². The molecule has 1 aliphatic rings. The zero-order valence-electron chi connectivity index (χ0n) is 11.8. The van der Waals surface area contributed by atoms with E-state index in [9.17, 15) is 0 Å². The van der Waals surface area contributed by atoms with Gasteiger partial charge in [0.25, 0.3) is 5.88 Å². The van der Waals surface area contributed by atoms with Crippen LogP contribution in [0.15, 0.2) is 6.33 Å². The molecule has 1 fully saturated rings. The van der Waals surface area contributed by atoms with Gasteiger partial charge in [0.05, 0.1) is 13.7 Å². The Bertz CT molecular complexity index is 392. The van der Waals surface area contributed by atoms with Crippen LogP contribution < -0.4 is 14.8 Å². The lowest BCUT2D eigenvalue weighted by atomic mass is 10.1. The first-order chi connectivity index (χ1) is 9.35. The Labute approximate surface area is 114 Å². The molecule has 0 bridgehead atoms. The third-order valence-corrected chi connectivity index (χ3v) is 3.45. The molecule has 0 aliphatic heterocycles. The van der Waals surface area contributed by atoms with Crippen LogP contribution in [0, 0.1) is 5.92 Å². The first-order valence-electron chi connectivity index (χ1n) is 7.10. The smallest absolute Gasteiger partial charge is 0.262 e. The van der Waals surface area contributed by atoms with Gasteiger partial charge in [-0.2, -0.15) is 4.98 Å². The van der Waals surface area contributed by atoms with E-state index in [1.54, 1.807) is 7.11 Å². The van der Waals surface area contributed by atoms with Crippen molar-refractivity contribution in [3.63, 3.8) is 0 Å². The van der Waals surface area contributed by atoms with Crippen LogP contribution in [-0.4, -0.2) is 30.2 Å². The fraction of sp³-hybridized carbons (Fsp3) is 0.714. The standard InChI is InChI=1S/C14H23N3O2/c1-3-8-15-13-12(18-2)14(17-10-16-13)19-9-11-6-4-5-7-11/h10-11H,3-9H2,1-2H3,(H,15,16,17). The fourth-order valence-corrected chi connectivity index (χ4v) is 2.39. The summed E-state index contributed by atoms with van der Waals surface area (Å²) in [6.07, 6.45) is 7.70. The highest BCUT2D eigenvalue weighted by Crippen LogP contribution is 2.32. The van der Waals surface area contributed by atoms with Crippen LogP contribution in [0.1, 0.15) is 39.0 Å². The Morgan fingerprint density at radius 3 is 2.79 bits per heavy atom. The summed E-state index contributed by atoms with van der Waals surface area (Å²) in [5, 5.41) is 3.23. The van der Waals surface area contributed by atoms with Gasteiger partial charge in [-0.25, -0.2) is 4.98 Å². The van der Waals surface area contributed by atoms with Crippen molar-refractivity contribution in [2.24, 2.45) is 5.92 Å². The van der Waals surface area contributed by atoms with E-state index in [0.29, 0.717) is 23.4 Å². The number of ether oxygens (including phenoxy) is 2. The van der Waals surface area contributed by atoms with Crippen molar-refractivity contribution in [1.29, 1.82) is 0 Å². The number of rotatable bonds is 7. The first kappa shape index (κ1) is 13.9. The molecule has 0 amide bonds. The van der Waals surface area contributed by atoms with Gasteiger partial charge in [0.15, 0.2) is 5.82 Å². The molecule has 1 saturated carbocycles. The minimum absolute atomic E-state index is 0.544. The Morgan fingerprint density at radius 1 is 1.32 bits per heavy atom. The maximum Gasteiger partial charge on any atom is 0.262 e. The molecule has 0 saturated heterocycles. The highest BCUT2D eigenvalue weighted by Gasteiger charge is 2.18. The average Bonchev–Trinajstić information content (AvgIpc) is 2.96. The van der Waals surface area contributed by atoms with Gasteiger partial charge in [0.1, 0.15) is 6.33 Å². The van der Waals surface area contributed by atoms with Crippen LogP contribution in [0.2, 0.25) is 0 Å². The van der Waals surface area contributed by atoms with Gasteiger partial charge in [0.2, 0.25) is 5.75 Å². The van der Waals surface area contributed by atoms with Crippen molar-refractivity contribution in [3.05, 3.63) is 6.33 Å². The predicted molar refractivity (Wildman–Crippen MR) is 74.8 cm³/mol. The molecule has 0 aromatic carbocycles. The Balaban J connectivity index is 2.01. The molecule has 2 rings (SSSR count). The molecule has 1 aromatic heterocycles. The molecule has 1 aliphatic carbocycles. The van der Waals surface area contributed by atoms with Crippen molar-refractivity contribution in [2.75, 3.05) is 25.6 Å². The second kappa shape index (κ2) is 7.16. The van der Waals surface area contributed by atoms with Gasteiger partial charge in [-0.3, -0.25) is 0 Å². The monoisotopic (exact) mass is 265 g/mol. The van der Waals surface area contributed by atoms with Crippen molar-refractivity contribution < 1.29 is 9.47 Å². The molecule has 19 heavy (non-hydrogen) atoms. The van der Waals surface area contributed by atoms with Gasteiger partial charge >= 0.3 is 0 Å². The third kappa shape index (κ3) is 3.72. The van der Waals surface area contributed by atoms with Crippen LogP contribution in [0.5, 0.6) is 11.6 Å². The van der Waals surface area contributed by atoms with E-state index >= 15 is 0 Å². The van der Waals surface area contributed by atoms with Crippen LogP contribution in [-0.2, 0) is 0 Å². The van der Waals surface area contributed by atoms with E-state index in [-0.39, 0.29) is 0 Å². The first-order valence-corrected chi connectivity index (χ1v) is 7.10. The predicted octanol–water partition coefficient (Wildman–Crippen LogP) is 2.88. The van der Waals surface area contributed by atoms with E-state index in [0.717, 1.165) is 19.6 Å². The number of nitrogens with zero attached hydrogens (tertiary/aromatic N) is 2. The van der Waals surface area contributed by atoms with Gasteiger partial charge in [-0.1, -0.05) is 19.8 Å². The summed E-state index contributed by atoms with van der Waals surface area (Å²) in [5.74, 6) is 2.52. The minimum Gasteiger partial charge on any atom is -0.489 e. The summed E-state index contributed by atoms with van der Waals surface area (Å²) in [4.78, 5) is 8.38. The molecule has 1 heterocycles. The summed E-state index contributed by atoms with van der Waals surface area (Å²) < 4.78 is 11.2. The highest BCUT2D eigenvalue weighted by molar-refractivity contribution is 5.54. The molecular weight excluding hydrogens is 242 g/mol. The normalized spacial score (nSPS) is 15.5. The number of anilines is 1. The van der Waals surface area contributed by atoms with E-state index < -0.39 is 0 Å². The molecular formula is C14H23N3O2. The molecule has 5 heteroatoms. The molecule has 0 atom stereocenters. The highest BCUT2D eigenvalue weighted by atomic mass is 16.5. The quantitative estimate of drug-likeness (QED) is 0.821. The van der Waals surface area contributed by atoms with Gasteiger partial charge in [-0.05, 0) is 25.2 Å². The lowest BCUT2D eigenvalue weighted by Gasteiger charge is -2.15. The number of hydrogen-bond acceptors (Lipinski definition) is 5. The number of aromatic nitrogens is 2. The third-order valence-electron chi connectivity index (χ3n) is 3.45. The summed E-state index contributed by atoms with van der Waals surface area (Å²) in [6, 6.07) is 0. The summed E-state index contributed by atoms with van der Waals surface area (Å²) in [7, 11) is 1.62. The maximum atomic E-state index is 5.82. The molecule has 5 nitrogen and oxygen atoms in total. The van der Waals surface area contributed by atoms with Crippen LogP contribution in [0.4, 0.5) is 5.82 Å². The summed E-state index contributed by atoms with van der Waals surface area (Å²) >= 11 is 0. The van der Waals surface area contributed by atoms with E-state index in [2.05, 4.69) is 22.2 Å². The van der Waals surface area contributed by atoms with Crippen LogP contribution in [0.25, 0.3) is 0 Å². The maximum absolute atomic E-state index is 5.82. The van der Waals surface area contributed by atoms with E-state index in [1.165, 1.54) is 32.0 Å². The van der Waals surface area contributed by atoms with Crippen LogP contribution >= 0.6 is 0 Å². The van der Waals surface area contributed by atoms with Crippen molar-refractivity contribution in [3.8, 4) is 11.6 Å². The van der Waals surface area contributed by atoms with Crippen molar-refractivity contribution >= 4 is 5.82 Å². The second-order valence-electron chi connectivity index (χ2n) is 4.95. The lowest BCUT2D eigenvalue weighted by Crippen LogP contribution is -2.11. The van der Waals surface area contributed by atoms with Crippen molar-refractivity contribution in [2.45, 2.75) is 39.0 Å². The summed E-state index contributed by atoms with van der Waals surface area (Å²) in [5.41, 5.74) is 0. The van der Waals surface area contributed by atoms with Gasteiger partial charge in [-0.15, -0.1) is 0 Å². The minimum atomic E-state index is 0.544. The lowest BCUT2D eigenvalue weighted by molar-refractivity contribution is 0.231. The van der Waals surface area contributed by atoms with Crippen molar-refractivity contribution in [1.82, 2.24) is 9.97 Å². The fourth-order valence-electron chi connectivity index (χ4n) is 2.39. The molecule has 0 unspecified atom stereocenters. The number of methoxy groups -OCH3 is 1. The van der Waals surface area contributed by atoms with Gasteiger partial charge < -0.3 is 14.8 Å². The summed E-state index contributed by atoms with van der Waals surface area (Å²) in [6.45, 7) is 3.69. The zero-order chi connectivity index (χ0) is 13.5. The number of nitrogens with one attached hydrogen (secondary N) is 1. The van der Waals surface area contributed by atoms with Gasteiger partial charge in [0, 0.05) is 6.54 Å². The molecule has 0 radical (unpaired) electrons. The SMILES string of the molecule is CCCNc1ncnc(OCC2CCCC2)c1OC. The average molecular weight is 265 g/mol. The van der Waals surface area contributed by atoms with E-state index in [4.69, 9.17) is 9.47 Å². The zero-order valence-corrected chi connectivity index (χ0v) is 11.8. The Hall–Kier alpha value is -1.52. The largest absolute Gasteiger partial charge is 0.489 e. The van der Waals surface area contributed by atoms with Crippen LogP contribution in [0.3, 0.4) is 0 Å². The Kier molecular flexibility index (Phi) is 5.24. The molecule has 1 aromatic rings. The molecule has 0 spiro atoms. The Morgan fingerprint density at radius 2 is 2.11 bits per heavy atom. The molecule has 1 N–H and O–H groups in total. The molecule has 106 valence electrons. The topological polar surface area (TPSA) is 56.3 Å². The number of hydrogen-bond donors (Lipinski definition) is 1.